The van der Waals surface area contributed by atoms with Crippen LogP contribution in [0.1, 0.15) is 78.4 Å². The molecule has 0 radical (unpaired) electrons. The first-order valence-corrected chi connectivity index (χ1v) is 15.3. The predicted octanol–water partition coefficient (Wildman–Crippen LogP) is 6.23. The molecule has 0 spiro atoms. The van der Waals surface area contributed by atoms with Crippen molar-refractivity contribution in [2.24, 2.45) is 0 Å². The van der Waals surface area contributed by atoms with E-state index in [1.807, 2.05) is 74.5 Å². The van der Waals surface area contributed by atoms with Gasteiger partial charge in [0.2, 0.25) is 0 Å². The van der Waals surface area contributed by atoms with Crippen LogP contribution in [0.25, 0.3) is 0 Å². The van der Waals surface area contributed by atoms with Gasteiger partial charge in [0.25, 0.3) is 0 Å². The minimum absolute atomic E-state index is 0.170. The molecule has 0 amide bonds. The number of hydrogen-bond donors (Lipinski definition) is 0. The molecule has 2 aromatic rings. The molecule has 2 atom stereocenters. The Kier molecular flexibility index (Phi) is 14.4. The van der Waals surface area contributed by atoms with E-state index in [2.05, 4.69) is 37.5 Å². The fourth-order valence-corrected chi connectivity index (χ4v) is 5.76. The van der Waals surface area contributed by atoms with Crippen LogP contribution in [0.2, 0.25) is 0 Å². The van der Waals surface area contributed by atoms with Gasteiger partial charge < -0.3 is 19.3 Å². The lowest BCUT2D eigenvalue weighted by Gasteiger charge is -2.38. The SMILES string of the molecule is CCOC(=O)[C@](CCCC[C@](CN(CC)CC)(C(=O)OCC)c1ccccc1)(CN(CC)CC)c1ccccc1. The lowest BCUT2D eigenvalue weighted by atomic mass is 9.72. The van der Waals surface area contributed by atoms with Crippen LogP contribution in [0, 0.1) is 0 Å². The fourth-order valence-electron chi connectivity index (χ4n) is 5.76. The van der Waals surface area contributed by atoms with Crippen LogP contribution in [-0.2, 0) is 29.9 Å². The summed E-state index contributed by atoms with van der Waals surface area (Å²) >= 11 is 0. The van der Waals surface area contributed by atoms with Gasteiger partial charge in [0.05, 0.1) is 13.2 Å². The van der Waals surface area contributed by atoms with E-state index >= 15 is 0 Å². The Morgan fingerprint density at radius 1 is 0.575 bits per heavy atom. The number of likely N-dealkylation sites (N-methyl/N-ethyl adjacent to an activating group) is 2. The minimum atomic E-state index is -0.776. The van der Waals surface area contributed by atoms with Crippen molar-refractivity contribution >= 4 is 11.9 Å². The van der Waals surface area contributed by atoms with Crippen LogP contribution < -0.4 is 0 Å². The van der Waals surface area contributed by atoms with Crippen LogP contribution in [0.4, 0.5) is 0 Å². The average molecular weight is 553 g/mol. The first-order chi connectivity index (χ1) is 19.4. The van der Waals surface area contributed by atoms with Crippen LogP contribution in [0.15, 0.2) is 60.7 Å². The molecule has 0 saturated heterocycles. The maximum absolute atomic E-state index is 13.7. The van der Waals surface area contributed by atoms with Crippen molar-refractivity contribution in [2.45, 2.75) is 78.1 Å². The van der Waals surface area contributed by atoms with E-state index in [4.69, 9.17) is 9.47 Å². The molecular formula is C34H52N2O4. The maximum atomic E-state index is 13.7. The quantitative estimate of drug-likeness (QED) is 0.152. The zero-order valence-electron chi connectivity index (χ0n) is 25.8. The van der Waals surface area contributed by atoms with Gasteiger partial charge in [-0.15, -0.1) is 0 Å². The van der Waals surface area contributed by atoms with Gasteiger partial charge >= 0.3 is 11.9 Å². The summed E-state index contributed by atoms with van der Waals surface area (Å²) in [6.45, 7) is 17.6. The Morgan fingerprint density at radius 2 is 0.900 bits per heavy atom. The Bertz CT molecular complexity index is 910. The molecule has 0 bridgehead atoms. The van der Waals surface area contributed by atoms with Gasteiger partial charge in [-0.2, -0.15) is 0 Å². The van der Waals surface area contributed by atoms with Crippen molar-refractivity contribution in [1.29, 1.82) is 0 Å². The highest BCUT2D eigenvalue weighted by molar-refractivity contribution is 5.84. The first-order valence-electron chi connectivity index (χ1n) is 15.3. The van der Waals surface area contributed by atoms with Crippen LogP contribution >= 0.6 is 0 Å². The summed E-state index contributed by atoms with van der Waals surface area (Å²) in [6, 6.07) is 20.2. The van der Waals surface area contributed by atoms with E-state index < -0.39 is 10.8 Å². The molecule has 0 saturated carbocycles. The van der Waals surface area contributed by atoms with Gasteiger partial charge in [0.1, 0.15) is 10.8 Å². The number of carbonyl (C=O) groups excluding carboxylic acids is 2. The maximum Gasteiger partial charge on any atom is 0.317 e. The number of benzene rings is 2. The third-order valence-electron chi connectivity index (χ3n) is 8.22. The van der Waals surface area contributed by atoms with E-state index in [0.717, 1.165) is 50.1 Å². The molecule has 0 aliphatic heterocycles. The zero-order chi connectivity index (χ0) is 29.4. The Hall–Kier alpha value is -2.70. The van der Waals surface area contributed by atoms with Crippen molar-refractivity contribution in [3.8, 4) is 0 Å². The molecule has 0 N–H and O–H groups in total. The van der Waals surface area contributed by atoms with E-state index in [0.29, 0.717) is 39.1 Å². The monoisotopic (exact) mass is 552 g/mol. The standard InChI is InChI=1S/C34H52N2O4/c1-7-35(8-2)27-33(31(37)39-11-5,29-21-15-13-16-22-29)25-19-20-26-34(32(38)40-12-6,28-36(9-3)10-4)30-23-17-14-18-24-30/h13-18,21-24H,7-12,19-20,25-28H2,1-6H3/t33-,34-/m1/s1. The molecule has 0 fully saturated rings. The molecule has 0 aliphatic carbocycles. The second kappa shape index (κ2) is 17.2. The summed E-state index contributed by atoms with van der Waals surface area (Å²) in [5.41, 5.74) is 0.426. The van der Waals surface area contributed by atoms with Crippen molar-refractivity contribution in [3.63, 3.8) is 0 Å². The van der Waals surface area contributed by atoms with Crippen LogP contribution in [0.3, 0.4) is 0 Å². The van der Waals surface area contributed by atoms with Crippen LogP contribution in [-0.4, -0.2) is 74.2 Å². The highest BCUT2D eigenvalue weighted by Crippen LogP contribution is 2.37. The molecule has 0 aromatic heterocycles. The summed E-state index contributed by atoms with van der Waals surface area (Å²) in [7, 11) is 0. The molecule has 6 nitrogen and oxygen atoms in total. The molecule has 40 heavy (non-hydrogen) atoms. The molecule has 6 heteroatoms. The highest BCUT2D eigenvalue weighted by atomic mass is 16.5. The van der Waals surface area contributed by atoms with E-state index in [1.54, 1.807) is 0 Å². The lowest BCUT2D eigenvalue weighted by molar-refractivity contribution is -0.153. The summed E-state index contributed by atoms with van der Waals surface area (Å²) in [5.74, 6) is -0.341. The Labute approximate surface area is 243 Å². The molecule has 0 aliphatic rings. The van der Waals surface area contributed by atoms with Crippen molar-refractivity contribution in [2.75, 3.05) is 52.5 Å². The number of rotatable bonds is 19. The molecule has 222 valence electrons. The topological polar surface area (TPSA) is 59.1 Å². The van der Waals surface area contributed by atoms with E-state index in [9.17, 15) is 9.59 Å². The largest absolute Gasteiger partial charge is 0.465 e. The second-order valence-corrected chi connectivity index (χ2v) is 10.5. The Morgan fingerprint density at radius 3 is 1.18 bits per heavy atom. The molecule has 0 heterocycles. The Balaban J connectivity index is 2.45. The number of carbonyl (C=O) groups is 2. The van der Waals surface area contributed by atoms with Crippen molar-refractivity contribution in [1.82, 2.24) is 9.80 Å². The highest BCUT2D eigenvalue weighted by Gasteiger charge is 2.45. The van der Waals surface area contributed by atoms with Gasteiger partial charge in [-0.3, -0.25) is 9.59 Å². The van der Waals surface area contributed by atoms with Crippen molar-refractivity contribution < 1.29 is 19.1 Å². The van der Waals surface area contributed by atoms with Gasteiger partial charge in [-0.1, -0.05) is 101 Å². The van der Waals surface area contributed by atoms with Crippen molar-refractivity contribution in [3.05, 3.63) is 71.8 Å². The number of nitrogens with zero attached hydrogens (tertiary/aromatic N) is 2. The van der Waals surface area contributed by atoms with Gasteiger partial charge in [-0.25, -0.2) is 0 Å². The fraction of sp³-hybridized carbons (Fsp3) is 0.588. The number of unbranched alkanes of at least 4 members (excludes halogenated alkanes) is 1. The van der Waals surface area contributed by atoms with E-state index in [1.165, 1.54) is 0 Å². The van der Waals surface area contributed by atoms with Gasteiger partial charge in [-0.05, 0) is 64.0 Å². The molecule has 2 aromatic carbocycles. The van der Waals surface area contributed by atoms with Crippen LogP contribution in [0.5, 0.6) is 0 Å². The second-order valence-electron chi connectivity index (χ2n) is 10.5. The average Bonchev–Trinajstić information content (AvgIpc) is 2.99. The number of esters is 2. The first kappa shape index (κ1) is 33.5. The minimum Gasteiger partial charge on any atom is -0.465 e. The number of hydrogen-bond acceptors (Lipinski definition) is 6. The van der Waals surface area contributed by atoms with Gasteiger partial charge in [0, 0.05) is 13.1 Å². The normalized spacial score (nSPS) is 14.5. The third kappa shape index (κ3) is 8.40. The lowest BCUT2D eigenvalue weighted by Crippen LogP contribution is -2.48. The summed E-state index contributed by atoms with van der Waals surface area (Å²) in [5, 5.41) is 0. The summed E-state index contributed by atoms with van der Waals surface area (Å²) in [4.78, 5) is 32.1. The summed E-state index contributed by atoms with van der Waals surface area (Å²) in [6.07, 6.45) is 2.85. The predicted molar refractivity (Wildman–Crippen MR) is 164 cm³/mol. The van der Waals surface area contributed by atoms with Gasteiger partial charge in [0.15, 0.2) is 0 Å². The number of ether oxygens (including phenoxy) is 2. The molecular weight excluding hydrogens is 500 g/mol. The summed E-state index contributed by atoms with van der Waals surface area (Å²) < 4.78 is 11.4. The smallest absolute Gasteiger partial charge is 0.317 e. The van der Waals surface area contributed by atoms with E-state index in [-0.39, 0.29) is 11.9 Å². The molecule has 2 rings (SSSR count). The third-order valence-corrected chi connectivity index (χ3v) is 8.22. The molecule has 0 unspecified atom stereocenters. The zero-order valence-corrected chi connectivity index (χ0v) is 25.8.